The number of amides is 2. The lowest BCUT2D eigenvalue weighted by Crippen LogP contribution is -2.50. The molecule has 1 heterocycles. The predicted molar refractivity (Wildman–Crippen MR) is 110 cm³/mol. The van der Waals surface area contributed by atoms with Crippen LogP contribution >= 0.6 is 0 Å². The fraction of sp³-hybridized carbons (Fsp3) is 0.455. The Morgan fingerprint density at radius 3 is 2.55 bits per heavy atom. The van der Waals surface area contributed by atoms with E-state index in [1.807, 2.05) is 6.07 Å². The van der Waals surface area contributed by atoms with Crippen LogP contribution in [0, 0.1) is 11.8 Å². The maximum absolute atomic E-state index is 12.9. The molecule has 0 saturated heterocycles. The first-order valence-corrected chi connectivity index (χ1v) is 10.0. The summed E-state index contributed by atoms with van der Waals surface area (Å²) >= 11 is 0. The van der Waals surface area contributed by atoms with E-state index in [4.69, 9.17) is 4.74 Å². The van der Waals surface area contributed by atoms with Crippen molar-refractivity contribution in [3.8, 4) is 0 Å². The first-order chi connectivity index (χ1) is 14.9. The third kappa shape index (κ3) is 6.92. The molecule has 168 valence electrons. The zero-order valence-corrected chi connectivity index (χ0v) is 17.6. The van der Waals surface area contributed by atoms with Gasteiger partial charge in [-0.15, -0.1) is 0 Å². The Balaban J connectivity index is 2.23. The first kappa shape index (κ1) is 24.1. The fourth-order valence-electron chi connectivity index (χ4n) is 3.05. The Morgan fingerprint density at radius 1 is 1.23 bits per heavy atom. The van der Waals surface area contributed by atoms with Crippen LogP contribution in [0.1, 0.15) is 31.4 Å². The summed E-state index contributed by atoms with van der Waals surface area (Å²) < 4.78 is 9.79. The number of carbonyl (C=O) groups excluding carboxylic acids is 4. The first-order valence-electron chi connectivity index (χ1n) is 10.0. The van der Waals surface area contributed by atoms with Gasteiger partial charge in [-0.1, -0.05) is 49.4 Å². The number of allylic oxidation sites excluding steroid dienone is 2. The van der Waals surface area contributed by atoms with Gasteiger partial charge in [0.2, 0.25) is 11.8 Å². The van der Waals surface area contributed by atoms with Crippen LogP contribution in [0.5, 0.6) is 0 Å². The minimum Gasteiger partial charge on any atom is -0.467 e. The molecule has 31 heavy (non-hydrogen) atoms. The summed E-state index contributed by atoms with van der Waals surface area (Å²) in [7, 11) is 1.15. The summed E-state index contributed by atoms with van der Waals surface area (Å²) in [4.78, 5) is 49.8. The van der Waals surface area contributed by atoms with Gasteiger partial charge in [-0.25, -0.2) is 4.79 Å². The Bertz CT molecular complexity index is 809. The summed E-state index contributed by atoms with van der Waals surface area (Å²) in [5, 5.41) is 14.8. The molecule has 2 amide bonds. The third-order valence-electron chi connectivity index (χ3n) is 4.96. The SMILES string of the molecule is COC(=O)C1COC(=O)C(C)CC=CCC(C(=O)N[C@@H](CO)c2ccccc2)C(=O)N1. The number of esters is 2. The van der Waals surface area contributed by atoms with E-state index in [1.54, 1.807) is 43.3 Å². The van der Waals surface area contributed by atoms with Crippen molar-refractivity contribution in [2.45, 2.75) is 31.8 Å². The van der Waals surface area contributed by atoms with E-state index in [1.165, 1.54) is 0 Å². The number of ether oxygens (including phenoxy) is 2. The van der Waals surface area contributed by atoms with Gasteiger partial charge in [-0.3, -0.25) is 14.4 Å². The predicted octanol–water partition coefficient (Wildman–Crippen LogP) is 0.640. The zero-order chi connectivity index (χ0) is 22.8. The molecular weight excluding hydrogens is 404 g/mol. The number of methoxy groups -OCH3 is 1. The Kier molecular flexibility index (Phi) is 9.20. The van der Waals surface area contributed by atoms with Crippen LogP contribution in [0.4, 0.5) is 0 Å². The second-order valence-electron chi connectivity index (χ2n) is 7.27. The van der Waals surface area contributed by atoms with E-state index in [0.717, 1.165) is 7.11 Å². The quantitative estimate of drug-likeness (QED) is 0.353. The van der Waals surface area contributed by atoms with Gasteiger partial charge in [-0.2, -0.15) is 0 Å². The van der Waals surface area contributed by atoms with Crippen molar-refractivity contribution < 1.29 is 33.8 Å². The molecule has 0 bridgehead atoms. The van der Waals surface area contributed by atoms with Crippen LogP contribution in [0.3, 0.4) is 0 Å². The second-order valence-corrected chi connectivity index (χ2v) is 7.27. The maximum atomic E-state index is 12.9. The number of benzene rings is 1. The third-order valence-corrected chi connectivity index (χ3v) is 4.96. The van der Waals surface area contributed by atoms with Crippen molar-refractivity contribution in [1.82, 2.24) is 10.6 Å². The maximum Gasteiger partial charge on any atom is 0.331 e. The highest BCUT2D eigenvalue weighted by atomic mass is 16.5. The summed E-state index contributed by atoms with van der Waals surface area (Å²) in [5.74, 6) is -4.22. The molecule has 3 unspecified atom stereocenters. The van der Waals surface area contributed by atoms with Crippen LogP contribution < -0.4 is 10.6 Å². The van der Waals surface area contributed by atoms with Gasteiger partial charge >= 0.3 is 11.9 Å². The highest BCUT2D eigenvalue weighted by Crippen LogP contribution is 2.16. The molecule has 0 aliphatic carbocycles. The summed E-state index contributed by atoms with van der Waals surface area (Å²) in [6.07, 6.45) is 3.76. The number of aliphatic hydroxyl groups is 1. The molecule has 0 radical (unpaired) electrons. The van der Waals surface area contributed by atoms with Crippen LogP contribution in [-0.4, -0.2) is 55.2 Å². The van der Waals surface area contributed by atoms with E-state index in [-0.39, 0.29) is 13.0 Å². The molecule has 0 spiro atoms. The standard InChI is InChI=1S/C22H28N2O7/c1-14-8-6-7-11-16(19(26)23-17(12-25)15-9-4-3-5-10-15)20(27)24-18(22(29)30-2)13-31-21(14)28/h3-7,9-10,14,16-18,25H,8,11-13H2,1-2H3,(H,23,26)(H,24,27)/t14?,16?,17-,18?/m0/s1. The molecule has 3 N–H and O–H groups in total. The normalized spacial score (nSPS) is 23.4. The van der Waals surface area contributed by atoms with Crippen molar-refractivity contribution >= 4 is 23.8 Å². The zero-order valence-electron chi connectivity index (χ0n) is 17.6. The second kappa shape index (κ2) is 11.8. The number of rotatable bonds is 5. The van der Waals surface area contributed by atoms with Gasteiger partial charge in [0, 0.05) is 0 Å². The number of nitrogens with one attached hydrogen (secondary N) is 2. The van der Waals surface area contributed by atoms with Crippen molar-refractivity contribution in [1.29, 1.82) is 0 Å². The highest BCUT2D eigenvalue weighted by molar-refractivity contribution is 6.01. The molecule has 1 aliphatic rings. The molecule has 0 aromatic heterocycles. The summed E-state index contributed by atoms with van der Waals surface area (Å²) in [6, 6.07) is 6.94. The lowest BCUT2D eigenvalue weighted by atomic mass is 9.99. The molecule has 2 rings (SSSR count). The molecule has 0 saturated carbocycles. The van der Waals surface area contributed by atoms with Gasteiger partial charge in [0.1, 0.15) is 12.5 Å². The van der Waals surface area contributed by atoms with Crippen molar-refractivity contribution in [2.75, 3.05) is 20.3 Å². The molecule has 1 aromatic rings. The number of carbonyl (C=O) groups is 4. The van der Waals surface area contributed by atoms with E-state index in [9.17, 15) is 24.3 Å². The van der Waals surface area contributed by atoms with Crippen LogP contribution in [0.2, 0.25) is 0 Å². The van der Waals surface area contributed by atoms with E-state index in [2.05, 4.69) is 15.4 Å². The van der Waals surface area contributed by atoms with Gasteiger partial charge < -0.3 is 25.2 Å². The molecule has 4 atom stereocenters. The summed E-state index contributed by atoms with van der Waals surface area (Å²) in [6.45, 7) is 0.932. The molecule has 1 aliphatic heterocycles. The number of aliphatic hydroxyl groups excluding tert-OH is 1. The lowest BCUT2D eigenvalue weighted by molar-refractivity contribution is -0.155. The minimum absolute atomic E-state index is 0.0558. The summed E-state index contributed by atoms with van der Waals surface area (Å²) in [5.41, 5.74) is 0.690. The Morgan fingerprint density at radius 2 is 1.90 bits per heavy atom. The van der Waals surface area contributed by atoms with E-state index in [0.29, 0.717) is 12.0 Å². The molecule has 1 aromatic carbocycles. The van der Waals surface area contributed by atoms with Crippen molar-refractivity contribution in [3.63, 3.8) is 0 Å². The molecule has 0 fully saturated rings. The topological polar surface area (TPSA) is 131 Å². The number of cyclic esters (lactones) is 1. The average Bonchev–Trinajstić information content (AvgIpc) is 2.78. The monoisotopic (exact) mass is 432 g/mol. The Labute approximate surface area is 180 Å². The van der Waals surface area contributed by atoms with Gasteiger partial charge in [0.05, 0.1) is 25.7 Å². The molecular formula is C22H28N2O7. The highest BCUT2D eigenvalue weighted by Gasteiger charge is 2.32. The van der Waals surface area contributed by atoms with Crippen LogP contribution in [0.25, 0.3) is 0 Å². The number of hydrogen-bond donors (Lipinski definition) is 3. The largest absolute Gasteiger partial charge is 0.467 e. The minimum atomic E-state index is -1.24. The van der Waals surface area contributed by atoms with Crippen molar-refractivity contribution in [2.24, 2.45) is 11.8 Å². The van der Waals surface area contributed by atoms with Crippen molar-refractivity contribution in [3.05, 3.63) is 48.0 Å². The van der Waals surface area contributed by atoms with Crippen LogP contribution in [0.15, 0.2) is 42.5 Å². The van der Waals surface area contributed by atoms with Gasteiger partial charge in [-0.05, 0) is 18.4 Å². The Hall–Kier alpha value is -3.20. The molecule has 9 nitrogen and oxygen atoms in total. The smallest absolute Gasteiger partial charge is 0.331 e. The van der Waals surface area contributed by atoms with E-state index < -0.39 is 54.3 Å². The average molecular weight is 432 g/mol. The van der Waals surface area contributed by atoms with E-state index >= 15 is 0 Å². The van der Waals surface area contributed by atoms with Crippen LogP contribution in [-0.2, 0) is 28.7 Å². The van der Waals surface area contributed by atoms with Gasteiger partial charge in [0.25, 0.3) is 0 Å². The lowest BCUT2D eigenvalue weighted by Gasteiger charge is -2.23. The fourth-order valence-corrected chi connectivity index (χ4v) is 3.05. The number of hydrogen-bond acceptors (Lipinski definition) is 7. The molecule has 9 heteroatoms. The van der Waals surface area contributed by atoms with Gasteiger partial charge in [0.15, 0.2) is 6.04 Å².